The van der Waals surface area contributed by atoms with Gasteiger partial charge in [-0.05, 0) is 0 Å². The van der Waals surface area contributed by atoms with Crippen LogP contribution in [0.5, 0.6) is 0 Å². The molecular weight excluding hydrogens is 346 g/mol. The first-order valence-electron chi connectivity index (χ1n) is 8.91. The van der Waals surface area contributed by atoms with Crippen molar-refractivity contribution >= 4 is 8.80 Å². The molecule has 0 aliphatic rings. The molecule has 10 N–H and O–H groups in total. The molecule has 0 spiro atoms. The first-order valence-corrected chi connectivity index (χ1v) is 11.0. The number of aliphatic hydroxyl groups excluding tert-OH is 1. The van der Waals surface area contributed by atoms with Gasteiger partial charge in [-0.15, -0.1) is 0 Å². The predicted octanol–water partition coefficient (Wildman–Crippen LogP) is -4.01. The van der Waals surface area contributed by atoms with Crippen LogP contribution in [0.25, 0.3) is 0 Å². The SMILES string of the molecule is NCCNCCNCCNCCNCC(O)COCCC[Si-](O)(O)O. The van der Waals surface area contributed by atoms with Crippen molar-refractivity contribution in [2.24, 2.45) is 5.73 Å². The van der Waals surface area contributed by atoms with Crippen LogP contribution in [0.4, 0.5) is 0 Å². The quantitative estimate of drug-likeness (QED) is 0.0792. The summed E-state index contributed by atoms with van der Waals surface area (Å²) in [4.78, 5) is 26.5. The zero-order chi connectivity index (χ0) is 18.8. The van der Waals surface area contributed by atoms with Gasteiger partial charge in [-0.25, -0.2) is 0 Å². The Morgan fingerprint density at radius 3 is 1.88 bits per heavy atom. The van der Waals surface area contributed by atoms with E-state index in [-0.39, 0.29) is 19.3 Å². The predicted molar refractivity (Wildman–Crippen MR) is 99.2 cm³/mol. The monoisotopic (exact) mass is 383 g/mol. The van der Waals surface area contributed by atoms with Gasteiger partial charge in [0.15, 0.2) is 0 Å². The average molecular weight is 384 g/mol. The van der Waals surface area contributed by atoms with Crippen LogP contribution in [0.15, 0.2) is 0 Å². The molecule has 0 aromatic rings. The third kappa shape index (κ3) is 21.8. The fourth-order valence-electron chi connectivity index (χ4n) is 1.97. The van der Waals surface area contributed by atoms with E-state index in [1.165, 1.54) is 0 Å². The van der Waals surface area contributed by atoms with Crippen LogP contribution in [-0.4, -0.2) is 107 Å². The zero-order valence-electron chi connectivity index (χ0n) is 15.0. The lowest BCUT2D eigenvalue weighted by atomic mass is 10.3. The van der Waals surface area contributed by atoms with E-state index in [0.717, 1.165) is 45.8 Å². The highest BCUT2D eigenvalue weighted by molar-refractivity contribution is 6.56. The summed E-state index contributed by atoms with van der Waals surface area (Å²) >= 11 is 0. The minimum Gasteiger partial charge on any atom is -0.539 e. The smallest absolute Gasteiger partial charge is 0.273 e. The first kappa shape index (κ1) is 24.8. The second-order valence-electron chi connectivity index (χ2n) is 5.85. The lowest BCUT2D eigenvalue weighted by Gasteiger charge is -2.21. The molecule has 0 amide bonds. The van der Waals surface area contributed by atoms with Crippen LogP contribution >= 0.6 is 0 Å². The van der Waals surface area contributed by atoms with Gasteiger partial charge in [0, 0.05) is 65.5 Å². The highest BCUT2D eigenvalue weighted by Gasteiger charge is 2.10. The molecule has 0 saturated carbocycles. The number of nitrogens with one attached hydrogen (secondary N) is 4. The van der Waals surface area contributed by atoms with Crippen LogP contribution in [0.3, 0.4) is 0 Å². The van der Waals surface area contributed by atoms with E-state index in [1.807, 2.05) is 0 Å². The highest BCUT2D eigenvalue weighted by Crippen LogP contribution is 2.01. The maximum atomic E-state index is 9.70. The fourth-order valence-corrected chi connectivity index (χ4v) is 2.58. The summed E-state index contributed by atoms with van der Waals surface area (Å²) in [6.45, 7) is 7.60. The van der Waals surface area contributed by atoms with E-state index in [4.69, 9.17) is 24.9 Å². The van der Waals surface area contributed by atoms with Crippen molar-refractivity contribution < 1.29 is 24.2 Å². The molecule has 11 heteroatoms. The van der Waals surface area contributed by atoms with Crippen molar-refractivity contribution in [2.75, 3.05) is 72.1 Å². The molecule has 153 valence electrons. The number of nitrogens with two attached hydrogens (primary N) is 1. The molecule has 0 aliphatic heterocycles. The van der Waals surface area contributed by atoms with Gasteiger partial charge in [-0.2, -0.15) is 0 Å². The molecule has 0 aromatic carbocycles. The summed E-state index contributed by atoms with van der Waals surface area (Å²) in [5, 5.41) is 22.6. The third-order valence-electron chi connectivity index (χ3n) is 3.25. The maximum Gasteiger partial charge on any atom is 0.273 e. The Morgan fingerprint density at radius 1 is 0.840 bits per heavy atom. The Morgan fingerprint density at radius 2 is 1.36 bits per heavy atom. The number of hydrogen-bond donors (Lipinski definition) is 9. The Balaban J connectivity index is 3.18. The van der Waals surface area contributed by atoms with E-state index < -0.39 is 14.9 Å². The first-order chi connectivity index (χ1) is 12.0. The van der Waals surface area contributed by atoms with Gasteiger partial charge in [-0.1, -0.05) is 12.5 Å². The molecule has 0 saturated heterocycles. The van der Waals surface area contributed by atoms with Crippen LogP contribution < -0.4 is 27.0 Å². The van der Waals surface area contributed by atoms with Gasteiger partial charge < -0.3 is 51.2 Å². The van der Waals surface area contributed by atoms with Crippen molar-refractivity contribution in [1.82, 2.24) is 21.3 Å². The second kappa shape index (κ2) is 17.2. The number of ether oxygens (including phenoxy) is 1. The number of rotatable bonds is 19. The summed E-state index contributed by atoms with van der Waals surface area (Å²) in [6.07, 6.45) is -0.251. The molecule has 0 bridgehead atoms. The lowest BCUT2D eigenvalue weighted by molar-refractivity contribution is 0.0364. The van der Waals surface area contributed by atoms with Crippen molar-refractivity contribution in [3.8, 4) is 0 Å². The van der Waals surface area contributed by atoms with Crippen molar-refractivity contribution in [1.29, 1.82) is 0 Å². The van der Waals surface area contributed by atoms with Gasteiger partial charge >= 0.3 is 0 Å². The van der Waals surface area contributed by atoms with E-state index in [1.54, 1.807) is 0 Å². The zero-order valence-corrected chi connectivity index (χ0v) is 16.0. The summed E-state index contributed by atoms with van der Waals surface area (Å²) in [5.41, 5.74) is 5.37. The van der Waals surface area contributed by atoms with Gasteiger partial charge in [0.2, 0.25) is 0 Å². The Kier molecular flexibility index (Phi) is 17.1. The summed E-state index contributed by atoms with van der Waals surface area (Å²) in [5.74, 6) is 0. The topological polar surface area (TPSA) is 164 Å². The molecule has 1 atom stereocenters. The number of hydrogen-bond acceptors (Lipinski definition) is 10. The highest BCUT2D eigenvalue weighted by atomic mass is 28.4. The van der Waals surface area contributed by atoms with Crippen molar-refractivity contribution in [2.45, 2.75) is 18.6 Å². The second-order valence-corrected chi connectivity index (χ2v) is 7.90. The van der Waals surface area contributed by atoms with Gasteiger partial charge in [0.25, 0.3) is 8.80 Å². The minimum absolute atomic E-state index is 0.0495. The van der Waals surface area contributed by atoms with E-state index in [2.05, 4.69) is 21.3 Å². The van der Waals surface area contributed by atoms with Gasteiger partial charge in [0.1, 0.15) is 0 Å². The minimum atomic E-state index is -3.96. The van der Waals surface area contributed by atoms with Gasteiger partial charge in [-0.3, -0.25) is 0 Å². The van der Waals surface area contributed by atoms with Crippen molar-refractivity contribution in [3.05, 3.63) is 0 Å². The van der Waals surface area contributed by atoms with Crippen LogP contribution in [0.1, 0.15) is 6.42 Å². The van der Waals surface area contributed by atoms with Crippen LogP contribution in [0.2, 0.25) is 6.04 Å². The lowest BCUT2D eigenvalue weighted by Crippen LogP contribution is -2.38. The molecule has 0 aliphatic carbocycles. The third-order valence-corrected chi connectivity index (χ3v) is 4.27. The Labute approximate surface area is 151 Å². The molecule has 1 unspecified atom stereocenters. The van der Waals surface area contributed by atoms with E-state index in [9.17, 15) is 5.11 Å². The summed E-state index contributed by atoms with van der Waals surface area (Å²) in [7, 11) is -3.96. The van der Waals surface area contributed by atoms with E-state index >= 15 is 0 Å². The molecule has 25 heavy (non-hydrogen) atoms. The molecule has 10 nitrogen and oxygen atoms in total. The Hall–Kier alpha value is -0.183. The van der Waals surface area contributed by atoms with Crippen LogP contribution in [0, 0.1) is 0 Å². The molecular formula is C14H37N5O5Si-. The standard InChI is InChI=1S/C14H37N5O5Si/c15-2-3-16-4-5-17-6-7-18-8-9-19-12-14(20)13-24-10-1-11-25(21,22)23/h14,16-23H,1-13,15H2/q-1. The molecule has 0 fully saturated rings. The number of aliphatic hydroxyl groups is 1. The molecule has 0 aromatic heterocycles. The fraction of sp³-hybridized carbons (Fsp3) is 1.00. The van der Waals surface area contributed by atoms with E-state index in [0.29, 0.717) is 19.5 Å². The summed E-state index contributed by atoms with van der Waals surface area (Å²) in [6, 6.07) is -0.0495. The summed E-state index contributed by atoms with van der Waals surface area (Å²) < 4.78 is 5.21. The van der Waals surface area contributed by atoms with Crippen LogP contribution in [-0.2, 0) is 4.74 Å². The van der Waals surface area contributed by atoms with Crippen molar-refractivity contribution in [3.63, 3.8) is 0 Å². The Bertz CT molecular complexity index is 287. The maximum absolute atomic E-state index is 9.70. The average Bonchev–Trinajstić information content (AvgIpc) is 2.54. The van der Waals surface area contributed by atoms with Gasteiger partial charge in [0.05, 0.1) is 12.7 Å². The normalized spacial score (nSPS) is 13.3. The molecule has 0 radical (unpaired) electrons. The molecule has 0 rings (SSSR count). The largest absolute Gasteiger partial charge is 0.539 e. The molecule has 0 heterocycles.